The van der Waals surface area contributed by atoms with Crippen LogP contribution in [0.1, 0.15) is 12.5 Å². The van der Waals surface area contributed by atoms with Crippen molar-refractivity contribution in [3.05, 3.63) is 42.0 Å². The largest absolute Gasteiger partial charge is 0.480 e. The third-order valence-electron chi connectivity index (χ3n) is 2.98. The molecule has 1 saturated heterocycles. The van der Waals surface area contributed by atoms with E-state index in [0.29, 0.717) is 5.75 Å². The maximum atomic E-state index is 12.1. The molecule has 1 amide bonds. The summed E-state index contributed by atoms with van der Waals surface area (Å²) in [7, 11) is 0. The molecule has 4 nitrogen and oxygen atoms in total. The molecule has 19 heavy (non-hydrogen) atoms. The number of hydrogen-bond donors (Lipinski definition) is 1. The van der Waals surface area contributed by atoms with Crippen molar-refractivity contribution < 1.29 is 14.7 Å². The van der Waals surface area contributed by atoms with E-state index in [-0.39, 0.29) is 11.3 Å². The van der Waals surface area contributed by atoms with E-state index in [2.05, 4.69) is 0 Å². The number of nitrogens with zero attached hydrogens (tertiary/aromatic N) is 1. The van der Waals surface area contributed by atoms with Gasteiger partial charge in [0.1, 0.15) is 6.04 Å². The highest BCUT2D eigenvalue weighted by Gasteiger charge is 2.38. The summed E-state index contributed by atoms with van der Waals surface area (Å²) in [6, 6.07) is 8.73. The van der Waals surface area contributed by atoms with Gasteiger partial charge in [0.15, 0.2) is 0 Å². The molecule has 1 fully saturated rings. The lowest BCUT2D eigenvalue weighted by Gasteiger charge is -2.23. The van der Waals surface area contributed by atoms with Gasteiger partial charge in [-0.15, -0.1) is 11.8 Å². The van der Waals surface area contributed by atoms with Crippen LogP contribution in [-0.2, 0) is 9.59 Å². The Morgan fingerprint density at radius 3 is 2.68 bits per heavy atom. The summed E-state index contributed by atoms with van der Waals surface area (Å²) in [5.74, 6) is -0.756. The Kier molecular flexibility index (Phi) is 4.27. The van der Waals surface area contributed by atoms with E-state index in [9.17, 15) is 9.59 Å². The molecule has 5 heteroatoms. The first-order chi connectivity index (χ1) is 9.09. The zero-order valence-electron chi connectivity index (χ0n) is 10.5. The molecule has 0 bridgehead atoms. The van der Waals surface area contributed by atoms with Crippen LogP contribution < -0.4 is 0 Å². The Balaban J connectivity index is 2.10. The average molecular weight is 277 g/mol. The lowest BCUT2D eigenvalue weighted by Crippen LogP contribution is -2.43. The monoisotopic (exact) mass is 277 g/mol. The summed E-state index contributed by atoms with van der Waals surface area (Å²) in [5, 5.41) is 9.00. The number of carbonyl (C=O) groups is 2. The van der Waals surface area contributed by atoms with Crippen LogP contribution >= 0.6 is 11.8 Å². The van der Waals surface area contributed by atoms with Gasteiger partial charge in [-0.2, -0.15) is 0 Å². The summed E-state index contributed by atoms with van der Waals surface area (Å²) < 4.78 is 0. The van der Waals surface area contributed by atoms with E-state index >= 15 is 0 Å². The van der Waals surface area contributed by atoms with Crippen LogP contribution in [0.25, 0.3) is 6.08 Å². The van der Waals surface area contributed by atoms with E-state index in [4.69, 9.17) is 5.11 Å². The normalized spacial score (nSPS) is 22.9. The molecule has 0 saturated carbocycles. The number of thioether (sulfide) groups is 1. The zero-order chi connectivity index (χ0) is 13.8. The smallest absolute Gasteiger partial charge is 0.327 e. The molecular weight excluding hydrogens is 262 g/mol. The number of carboxylic acids is 1. The number of hydrogen-bond acceptors (Lipinski definition) is 3. The minimum Gasteiger partial charge on any atom is -0.480 e. The number of aliphatic carboxylic acids is 1. The summed E-state index contributed by atoms with van der Waals surface area (Å²) in [5.41, 5.74) is 0.919. The van der Waals surface area contributed by atoms with Gasteiger partial charge in [-0.25, -0.2) is 4.79 Å². The van der Waals surface area contributed by atoms with Crippen LogP contribution in [0, 0.1) is 0 Å². The average Bonchev–Trinajstić information content (AvgIpc) is 2.79. The molecule has 0 aliphatic carbocycles. The van der Waals surface area contributed by atoms with Crippen LogP contribution in [0.3, 0.4) is 0 Å². The summed E-state index contributed by atoms with van der Waals surface area (Å²) >= 11 is 1.48. The maximum absolute atomic E-state index is 12.1. The predicted molar refractivity (Wildman–Crippen MR) is 75.7 cm³/mol. The Bertz CT molecular complexity index is 501. The molecule has 1 aromatic rings. The van der Waals surface area contributed by atoms with Crippen molar-refractivity contribution in [3.63, 3.8) is 0 Å². The van der Waals surface area contributed by atoms with E-state index in [1.165, 1.54) is 22.7 Å². The van der Waals surface area contributed by atoms with E-state index in [1.54, 1.807) is 6.08 Å². The van der Waals surface area contributed by atoms with Crippen LogP contribution in [0.4, 0.5) is 0 Å². The number of carbonyl (C=O) groups excluding carboxylic acids is 1. The molecule has 1 aliphatic heterocycles. The summed E-state index contributed by atoms with van der Waals surface area (Å²) in [6.45, 7) is 1.85. The Labute approximate surface area is 116 Å². The van der Waals surface area contributed by atoms with Crippen LogP contribution in [0.2, 0.25) is 0 Å². The lowest BCUT2D eigenvalue weighted by molar-refractivity contribution is -0.147. The number of amides is 1. The highest BCUT2D eigenvalue weighted by Crippen LogP contribution is 2.29. The van der Waals surface area contributed by atoms with Crippen molar-refractivity contribution in [2.24, 2.45) is 0 Å². The molecule has 1 aliphatic rings. The van der Waals surface area contributed by atoms with Crippen LogP contribution in [0.15, 0.2) is 36.4 Å². The topological polar surface area (TPSA) is 57.6 Å². The molecule has 0 spiro atoms. The van der Waals surface area contributed by atoms with Crippen molar-refractivity contribution in [3.8, 4) is 0 Å². The minimum atomic E-state index is -0.946. The second kappa shape index (κ2) is 5.93. The van der Waals surface area contributed by atoms with Gasteiger partial charge in [0.05, 0.1) is 5.37 Å². The minimum absolute atomic E-state index is 0.103. The highest BCUT2D eigenvalue weighted by atomic mass is 32.2. The second-order valence-electron chi connectivity index (χ2n) is 4.28. The number of rotatable bonds is 3. The van der Waals surface area contributed by atoms with Gasteiger partial charge >= 0.3 is 5.97 Å². The fraction of sp³-hybridized carbons (Fsp3) is 0.286. The molecule has 0 radical (unpaired) electrons. The van der Waals surface area contributed by atoms with Gasteiger partial charge in [0, 0.05) is 11.8 Å². The van der Waals surface area contributed by atoms with Crippen LogP contribution in [-0.4, -0.2) is 39.1 Å². The van der Waals surface area contributed by atoms with Crippen molar-refractivity contribution in [2.45, 2.75) is 18.3 Å². The first-order valence-corrected chi connectivity index (χ1v) is 7.04. The standard InChI is InChI=1S/C14H15NO3S/c1-10-15(12(9-19-10)14(17)18)13(16)8-7-11-5-3-2-4-6-11/h2-8,10,12H,9H2,1H3,(H,17,18). The van der Waals surface area contributed by atoms with E-state index in [0.717, 1.165) is 5.56 Å². The summed E-state index contributed by atoms with van der Waals surface area (Å²) in [4.78, 5) is 24.6. The first kappa shape index (κ1) is 13.7. The van der Waals surface area contributed by atoms with Gasteiger partial charge < -0.3 is 10.0 Å². The number of carboxylic acid groups (broad SMARTS) is 1. The summed E-state index contributed by atoms with van der Waals surface area (Å²) in [6.07, 6.45) is 3.14. The third kappa shape index (κ3) is 3.17. The fourth-order valence-corrected chi connectivity index (χ4v) is 3.16. The van der Waals surface area contributed by atoms with Gasteiger partial charge in [-0.3, -0.25) is 4.79 Å². The maximum Gasteiger partial charge on any atom is 0.327 e. The second-order valence-corrected chi connectivity index (χ2v) is 5.63. The highest BCUT2D eigenvalue weighted by molar-refractivity contribution is 8.00. The van der Waals surface area contributed by atoms with Crippen molar-refractivity contribution in [1.29, 1.82) is 0 Å². The fourth-order valence-electron chi connectivity index (χ4n) is 1.99. The van der Waals surface area contributed by atoms with E-state index in [1.807, 2.05) is 37.3 Å². The molecular formula is C14H15NO3S. The SMILES string of the molecule is CC1SCC(C(=O)O)N1C(=O)C=Cc1ccccc1. The van der Waals surface area contributed by atoms with Gasteiger partial charge in [0.2, 0.25) is 5.91 Å². The van der Waals surface area contributed by atoms with Crippen molar-refractivity contribution in [1.82, 2.24) is 4.90 Å². The Morgan fingerprint density at radius 1 is 1.37 bits per heavy atom. The molecule has 2 rings (SSSR count). The Morgan fingerprint density at radius 2 is 2.05 bits per heavy atom. The van der Waals surface area contributed by atoms with Gasteiger partial charge in [-0.1, -0.05) is 30.3 Å². The predicted octanol–water partition coefficient (Wildman–Crippen LogP) is 2.07. The molecule has 2 unspecified atom stereocenters. The first-order valence-electron chi connectivity index (χ1n) is 5.99. The van der Waals surface area contributed by atoms with Crippen LogP contribution in [0.5, 0.6) is 0 Å². The third-order valence-corrected chi connectivity index (χ3v) is 4.20. The quantitative estimate of drug-likeness (QED) is 0.859. The molecule has 1 heterocycles. The molecule has 1 N–H and O–H groups in total. The van der Waals surface area contributed by atoms with Gasteiger partial charge in [0.25, 0.3) is 0 Å². The number of benzene rings is 1. The van der Waals surface area contributed by atoms with Gasteiger partial charge in [-0.05, 0) is 18.6 Å². The molecule has 0 aromatic heterocycles. The Hall–Kier alpha value is -1.75. The molecule has 2 atom stereocenters. The lowest BCUT2D eigenvalue weighted by atomic mass is 10.2. The van der Waals surface area contributed by atoms with Crippen molar-refractivity contribution in [2.75, 3.05) is 5.75 Å². The van der Waals surface area contributed by atoms with E-state index < -0.39 is 12.0 Å². The molecule has 100 valence electrons. The zero-order valence-corrected chi connectivity index (χ0v) is 11.3. The molecule has 1 aromatic carbocycles. The van der Waals surface area contributed by atoms with Crippen molar-refractivity contribution >= 4 is 29.7 Å².